The fraction of sp³-hybridized carbons (Fsp3) is 0.588. The molecule has 1 unspecified atom stereocenters. The number of hydrogen-bond donors (Lipinski definition) is 2. The van der Waals surface area contributed by atoms with E-state index in [1.165, 1.54) is 0 Å². The van der Waals surface area contributed by atoms with Gasteiger partial charge >= 0.3 is 0 Å². The third-order valence-corrected chi connectivity index (χ3v) is 3.75. The third kappa shape index (κ3) is 6.17. The molecule has 0 saturated heterocycles. The van der Waals surface area contributed by atoms with Crippen molar-refractivity contribution in [2.75, 3.05) is 25.4 Å². The van der Waals surface area contributed by atoms with Crippen LogP contribution in [0.25, 0.3) is 0 Å². The number of nitrogens with one attached hydrogen (secondary N) is 1. The Labute approximate surface area is 128 Å². The van der Waals surface area contributed by atoms with Gasteiger partial charge in [-0.05, 0) is 70.1 Å². The Kier molecular flexibility index (Phi) is 7.23. The highest BCUT2D eigenvalue weighted by atomic mass is 16.1. The lowest BCUT2D eigenvalue weighted by molar-refractivity contribution is 0.0937. The molecule has 1 amide bonds. The number of carbonyl (C=O) groups is 1. The second-order valence-electron chi connectivity index (χ2n) is 5.68. The molecule has 1 aromatic carbocycles. The zero-order valence-corrected chi connectivity index (χ0v) is 13.8. The van der Waals surface area contributed by atoms with E-state index >= 15 is 0 Å². The maximum atomic E-state index is 12.2. The maximum absolute atomic E-state index is 12.2. The van der Waals surface area contributed by atoms with Gasteiger partial charge < -0.3 is 16.0 Å². The third-order valence-electron chi connectivity index (χ3n) is 3.75. The predicted molar refractivity (Wildman–Crippen MR) is 89.5 cm³/mol. The molecule has 4 heteroatoms. The SMILES string of the molecule is CCN(CC)CCCC(C)NC(=O)c1cc(C)cc(N)c1. The fourth-order valence-corrected chi connectivity index (χ4v) is 2.48. The van der Waals surface area contributed by atoms with Gasteiger partial charge in [0.2, 0.25) is 0 Å². The van der Waals surface area contributed by atoms with Crippen molar-refractivity contribution in [1.29, 1.82) is 0 Å². The van der Waals surface area contributed by atoms with Gasteiger partial charge in [0.05, 0.1) is 0 Å². The molecule has 4 nitrogen and oxygen atoms in total. The lowest BCUT2D eigenvalue weighted by Gasteiger charge is -2.20. The summed E-state index contributed by atoms with van der Waals surface area (Å²) in [4.78, 5) is 14.6. The minimum absolute atomic E-state index is 0.0410. The van der Waals surface area contributed by atoms with Crippen LogP contribution in [0, 0.1) is 6.92 Å². The van der Waals surface area contributed by atoms with E-state index in [9.17, 15) is 4.79 Å². The van der Waals surface area contributed by atoms with Crippen LogP contribution in [-0.2, 0) is 0 Å². The van der Waals surface area contributed by atoms with E-state index in [2.05, 4.69) is 31.0 Å². The van der Waals surface area contributed by atoms with Crippen molar-refractivity contribution in [3.8, 4) is 0 Å². The molecule has 21 heavy (non-hydrogen) atoms. The Hall–Kier alpha value is -1.55. The van der Waals surface area contributed by atoms with E-state index in [0.717, 1.165) is 38.0 Å². The number of aryl methyl sites for hydroxylation is 1. The lowest BCUT2D eigenvalue weighted by Crippen LogP contribution is -2.33. The van der Waals surface area contributed by atoms with E-state index in [4.69, 9.17) is 5.73 Å². The molecule has 0 spiro atoms. The van der Waals surface area contributed by atoms with Gasteiger partial charge in [-0.15, -0.1) is 0 Å². The second-order valence-corrected chi connectivity index (χ2v) is 5.68. The van der Waals surface area contributed by atoms with Crippen LogP contribution >= 0.6 is 0 Å². The van der Waals surface area contributed by atoms with E-state index in [1.807, 2.05) is 19.1 Å². The molecule has 0 heterocycles. The number of nitrogens with zero attached hydrogens (tertiary/aromatic N) is 1. The number of anilines is 1. The number of amides is 1. The van der Waals surface area contributed by atoms with Gasteiger partial charge in [0.1, 0.15) is 0 Å². The Morgan fingerprint density at radius 2 is 1.95 bits per heavy atom. The van der Waals surface area contributed by atoms with Crippen LogP contribution in [0.5, 0.6) is 0 Å². The van der Waals surface area contributed by atoms with Crippen LogP contribution in [0.2, 0.25) is 0 Å². The molecule has 0 aliphatic rings. The van der Waals surface area contributed by atoms with Crippen molar-refractivity contribution in [2.24, 2.45) is 0 Å². The molecule has 1 atom stereocenters. The first-order chi connectivity index (χ1) is 9.96. The number of nitrogens with two attached hydrogens (primary N) is 1. The van der Waals surface area contributed by atoms with Gasteiger partial charge in [-0.2, -0.15) is 0 Å². The summed E-state index contributed by atoms with van der Waals surface area (Å²) in [5.74, 6) is -0.0410. The first-order valence-electron chi connectivity index (χ1n) is 7.86. The molecule has 0 saturated carbocycles. The summed E-state index contributed by atoms with van der Waals surface area (Å²) in [5, 5.41) is 3.05. The normalized spacial score (nSPS) is 12.4. The first-order valence-corrected chi connectivity index (χ1v) is 7.86. The topological polar surface area (TPSA) is 58.4 Å². The molecule has 0 aliphatic carbocycles. The monoisotopic (exact) mass is 291 g/mol. The molecule has 0 bridgehead atoms. The van der Waals surface area contributed by atoms with E-state index in [1.54, 1.807) is 6.07 Å². The number of nitrogen functional groups attached to an aromatic ring is 1. The van der Waals surface area contributed by atoms with Gasteiger partial charge in [-0.1, -0.05) is 13.8 Å². The highest BCUT2D eigenvalue weighted by Crippen LogP contribution is 2.11. The Bertz CT molecular complexity index is 435. The zero-order chi connectivity index (χ0) is 15.8. The minimum Gasteiger partial charge on any atom is -0.399 e. The van der Waals surface area contributed by atoms with Crippen LogP contribution in [-0.4, -0.2) is 36.5 Å². The molecular weight excluding hydrogens is 262 g/mol. The van der Waals surface area contributed by atoms with Crippen molar-refractivity contribution in [2.45, 2.75) is 46.6 Å². The van der Waals surface area contributed by atoms with E-state index < -0.39 is 0 Å². The first kappa shape index (κ1) is 17.5. The summed E-state index contributed by atoms with van der Waals surface area (Å²) < 4.78 is 0. The second kappa shape index (κ2) is 8.67. The van der Waals surface area contributed by atoms with Crippen LogP contribution in [0.3, 0.4) is 0 Å². The van der Waals surface area contributed by atoms with Gasteiger partial charge in [0, 0.05) is 17.3 Å². The zero-order valence-electron chi connectivity index (χ0n) is 13.8. The smallest absolute Gasteiger partial charge is 0.251 e. The Morgan fingerprint density at radius 3 is 2.52 bits per heavy atom. The molecule has 1 aromatic rings. The predicted octanol–water partition coefficient (Wildman–Crippen LogP) is 2.82. The van der Waals surface area contributed by atoms with Crippen molar-refractivity contribution in [1.82, 2.24) is 10.2 Å². The highest BCUT2D eigenvalue weighted by molar-refractivity contribution is 5.95. The largest absolute Gasteiger partial charge is 0.399 e. The van der Waals surface area contributed by atoms with Crippen LogP contribution < -0.4 is 11.1 Å². The van der Waals surface area contributed by atoms with Crippen LogP contribution in [0.4, 0.5) is 5.69 Å². The van der Waals surface area contributed by atoms with E-state index in [0.29, 0.717) is 11.3 Å². The molecule has 0 radical (unpaired) electrons. The summed E-state index contributed by atoms with van der Waals surface area (Å²) in [6, 6.07) is 5.64. The number of hydrogen-bond acceptors (Lipinski definition) is 3. The average molecular weight is 291 g/mol. The summed E-state index contributed by atoms with van der Waals surface area (Å²) in [7, 11) is 0. The summed E-state index contributed by atoms with van der Waals surface area (Å²) in [6.07, 6.45) is 2.09. The molecule has 0 aromatic heterocycles. The van der Waals surface area contributed by atoms with Crippen LogP contribution in [0.15, 0.2) is 18.2 Å². The summed E-state index contributed by atoms with van der Waals surface area (Å²) >= 11 is 0. The van der Waals surface area contributed by atoms with Gasteiger partial charge in [-0.3, -0.25) is 4.79 Å². The molecule has 1 rings (SSSR count). The number of carbonyl (C=O) groups excluding carboxylic acids is 1. The Morgan fingerprint density at radius 1 is 1.29 bits per heavy atom. The lowest BCUT2D eigenvalue weighted by atomic mass is 10.1. The quantitative estimate of drug-likeness (QED) is 0.724. The maximum Gasteiger partial charge on any atom is 0.251 e. The van der Waals surface area contributed by atoms with Crippen LogP contribution in [0.1, 0.15) is 49.5 Å². The van der Waals surface area contributed by atoms with Gasteiger partial charge in [0.25, 0.3) is 5.91 Å². The molecule has 0 aliphatic heterocycles. The average Bonchev–Trinajstić information content (AvgIpc) is 2.42. The summed E-state index contributed by atoms with van der Waals surface area (Å²) in [6.45, 7) is 11.6. The van der Waals surface area contributed by atoms with Crippen molar-refractivity contribution >= 4 is 11.6 Å². The van der Waals surface area contributed by atoms with Gasteiger partial charge in [-0.25, -0.2) is 0 Å². The minimum atomic E-state index is -0.0410. The molecule has 118 valence electrons. The van der Waals surface area contributed by atoms with Crippen molar-refractivity contribution in [3.05, 3.63) is 29.3 Å². The Balaban J connectivity index is 2.43. The highest BCUT2D eigenvalue weighted by Gasteiger charge is 2.11. The number of benzene rings is 1. The standard InChI is InChI=1S/C17H29N3O/c1-5-20(6-2)9-7-8-14(4)19-17(21)15-10-13(3)11-16(18)12-15/h10-12,14H,5-9,18H2,1-4H3,(H,19,21). The number of rotatable bonds is 8. The molecular formula is C17H29N3O. The fourth-order valence-electron chi connectivity index (χ4n) is 2.48. The van der Waals surface area contributed by atoms with E-state index in [-0.39, 0.29) is 11.9 Å². The summed E-state index contributed by atoms with van der Waals surface area (Å²) in [5.41, 5.74) is 8.07. The van der Waals surface area contributed by atoms with Crippen molar-refractivity contribution in [3.63, 3.8) is 0 Å². The molecule has 0 fully saturated rings. The van der Waals surface area contributed by atoms with Crippen molar-refractivity contribution < 1.29 is 4.79 Å². The molecule has 3 N–H and O–H groups in total. The van der Waals surface area contributed by atoms with Gasteiger partial charge in [0.15, 0.2) is 0 Å².